The Kier molecular flexibility index (Phi) is 3.10. The first-order chi connectivity index (χ1) is 6.15. The Morgan fingerprint density at radius 3 is 3.08 bits per heavy atom. The molecule has 0 aromatic rings. The monoisotopic (exact) mass is 198 g/mol. The predicted octanol–water partition coefficient (Wildman–Crippen LogP) is -0.303. The Bertz CT molecular complexity index is 297. The molecule has 2 N–H and O–H groups in total. The van der Waals surface area contributed by atoms with Gasteiger partial charge in [0.05, 0.1) is 12.0 Å². The zero-order chi connectivity index (χ0) is 9.84. The van der Waals surface area contributed by atoms with Gasteiger partial charge < -0.3 is 10.4 Å². The van der Waals surface area contributed by atoms with Crippen LogP contribution in [0.4, 0.5) is 0 Å². The third kappa shape index (κ3) is 2.33. The van der Waals surface area contributed by atoms with Gasteiger partial charge in [-0.25, -0.2) is 4.99 Å². The maximum Gasteiger partial charge on any atom is 0.157 e. The van der Waals surface area contributed by atoms with Gasteiger partial charge in [0.25, 0.3) is 0 Å². The summed E-state index contributed by atoms with van der Waals surface area (Å²) in [6, 6.07) is 0. The summed E-state index contributed by atoms with van der Waals surface area (Å²) in [5.74, 6) is 0. The van der Waals surface area contributed by atoms with E-state index in [1.54, 1.807) is 7.05 Å². The van der Waals surface area contributed by atoms with Gasteiger partial charge in [-0.3, -0.25) is 5.01 Å². The van der Waals surface area contributed by atoms with Crippen molar-refractivity contribution in [2.45, 2.75) is 0 Å². The highest BCUT2D eigenvalue weighted by atomic mass is 32.1. The van der Waals surface area contributed by atoms with Gasteiger partial charge in [-0.05, 0) is 0 Å². The molecule has 1 aliphatic heterocycles. The summed E-state index contributed by atoms with van der Waals surface area (Å²) >= 11 is 4.93. The van der Waals surface area contributed by atoms with Crippen LogP contribution in [0, 0.1) is 0 Å². The van der Waals surface area contributed by atoms with Crippen molar-refractivity contribution in [2.75, 3.05) is 13.8 Å². The van der Waals surface area contributed by atoms with Crippen LogP contribution in [0.5, 0.6) is 0 Å². The first kappa shape index (κ1) is 9.82. The molecular formula is C7H10N4OS. The van der Waals surface area contributed by atoms with Gasteiger partial charge in [0.2, 0.25) is 0 Å². The van der Waals surface area contributed by atoms with Gasteiger partial charge in [0, 0.05) is 7.05 Å². The molecule has 0 aromatic carbocycles. The molecule has 0 aliphatic carbocycles. The number of hydrazone groups is 1. The lowest BCUT2D eigenvalue weighted by atomic mass is 10.3. The average molecular weight is 198 g/mol. The van der Waals surface area contributed by atoms with Gasteiger partial charge in [-0.1, -0.05) is 18.8 Å². The van der Waals surface area contributed by atoms with Crippen LogP contribution in [-0.4, -0.2) is 40.9 Å². The molecule has 0 fully saturated rings. The van der Waals surface area contributed by atoms with Crippen LogP contribution in [0.15, 0.2) is 22.4 Å². The van der Waals surface area contributed by atoms with Crippen molar-refractivity contribution in [3.05, 3.63) is 12.3 Å². The number of hydrogen-bond acceptors (Lipinski definition) is 5. The maximum atomic E-state index is 8.73. The Morgan fingerprint density at radius 1 is 1.85 bits per heavy atom. The second kappa shape index (κ2) is 4.11. The van der Waals surface area contributed by atoms with Crippen molar-refractivity contribution in [1.82, 2.24) is 10.3 Å². The number of rotatable bonds is 2. The lowest BCUT2D eigenvalue weighted by Gasteiger charge is -2.16. The number of hydrogen-bond donors (Lipinski definition) is 2. The van der Waals surface area contributed by atoms with Crippen LogP contribution < -0.4 is 5.32 Å². The molecule has 0 aromatic heterocycles. The Morgan fingerprint density at radius 2 is 2.54 bits per heavy atom. The van der Waals surface area contributed by atoms with E-state index in [-0.39, 0.29) is 6.73 Å². The van der Waals surface area contributed by atoms with Crippen molar-refractivity contribution in [3.8, 4) is 0 Å². The lowest BCUT2D eigenvalue weighted by molar-refractivity contribution is 0.137. The predicted molar refractivity (Wildman–Crippen MR) is 55.6 cm³/mol. The van der Waals surface area contributed by atoms with E-state index in [4.69, 9.17) is 17.3 Å². The number of nitrogens with zero attached hydrogens (tertiary/aromatic N) is 3. The number of aliphatic imine (C=N–C) groups is 1. The number of thiocarbonyl (C=S) groups is 1. The third-order valence-corrected chi connectivity index (χ3v) is 1.68. The van der Waals surface area contributed by atoms with Crippen molar-refractivity contribution in [3.63, 3.8) is 0 Å². The van der Waals surface area contributed by atoms with Gasteiger partial charge >= 0.3 is 0 Å². The first-order valence-electron chi connectivity index (χ1n) is 3.58. The summed E-state index contributed by atoms with van der Waals surface area (Å²) in [4.78, 5) is 4.21. The average Bonchev–Trinajstić information content (AvgIpc) is 2.11. The molecule has 0 bridgehead atoms. The summed E-state index contributed by atoms with van der Waals surface area (Å²) in [6.45, 7) is 3.53. The fourth-order valence-electron chi connectivity index (χ4n) is 0.733. The van der Waals surface area contributed by atoms with Crippen LogP contribution in [0.3, 0.4) is 0 Å². The van der Waals surface area contributed by atoms with E-state index in [1.807, 2.05) is 0 Å². The van der Waals surface area contributed by atoms with Crippen molar-refractivity contribution < 1.29 is 5.11 Å². The first-order valence-corrected chi connectivity index (χ1v) is 3.99. The van der Waals surface area contributed by atoms with Crippen molar-refractivity contribution in [2.24, 2.45) is 10.1 Å². The second-order valence-corrected chi connectivity index (χ2v) is 2.82. The van der Waals surface area contributed by atoms with Crippen molar-refractivity contribution >= 4 is 29.3 Å². The number of aliphatic hydroxyl groups excluding tert-OH is 1. The summed E-state index contributed by atoms with van der Waals surface area (Å²) < 4.78 is 0. The molecule has 6 heteroatoms. The topological polar surface area (TPSA) is 60.2 Å². The molecule has 13 heavy (non-hydrogen) atoms. The highest BCUT2D eigenvalue weighted by molar-refractivity contribution is 7.82. The van der Waals surface area contributed by atoms with Gasteiger partial charge in [0.1, 0.15) is 12.4 Å². The van der Waals surface area contributed by atoms with Crippen LogP contribution >= 0.6 is 12.2 Å². The normalized spacial score (nSPS) is 19.1. The SMILES string of the molecule is C=C1NC=NC(=S)/C1=N/N(C)CO. The fourth-order valence-corrected chi connectivity index (χ4v) is 0.950. The molecular weight excluding hydrogens is 188 g/mol. The van der Waals surface area contributed by atoms with Gasteiger partial charge in [-0.2, -0.15) is 5.10 Å². The van der Waals surface area contributed by atoms with E-state index in [1.165, 1.54) is 11.3 Å². The van der Waals surface area contributed by atoms with E-state index in [2.05, 4.69) is 22.0 Å². The molecule has 0 atom stereocenters. The standard InChI is InChI=1S/C7H10N4OS/c1-5-6(10-11(2)4-12)7(13)9-3-8-5/h3,12H,1,4H2,2H3,(H,8,9,13)/b10-6+. The van der Waals surface area contributed by atoms with E-state index in [0.29, 0.717) is 16.4 Å². The van der Waals surface area contributed by atoms with Crippen LogP contribution in [-0.2, 0) is 0 Å². The largest absolute Gasteiger partial charge is 0.375 e. The minimum absolute atomic E-state index is 0.177. The molecule has 5 nitrogen and oxygen atoms in total. The molecule has 0 spiro atoms. The number of aliphatic hydroxyl groups is 1. The van der Waals surface area contributed by atoms with Gasteiger partial charge in [0.15, 0.2) is 4.99 Å². The van der Waals surface area contributed by atoms with Crippen LogP contribution in [0.25, 0.3) is 0 Å². The zero-order valence-electron chi connectivity index (χ0n) is 7.19. The minimum atomic E-state index is -0.177. The fraction of sp³-hybridized carbons (Fsp3) is 0.286. The van der Waals surface area contributed by atoms with E-state index >= 15 is 0 Å². The summed E-state index contributed by atoms with van der Waals surface area (Å²) in [6.07, 6.45) is 1.46. The molecule has 1 rings (SSSR count). The Labute approximate surface area is 81.5 Å². The number of nitrogens with one attached hydrogen (secondary N) is 1. The van der Waals surface area contributed by atoms with Gasteiger partial charge in [-0.15, -0.1) is 0 Å². The molecule has 0 unspecified atom stereocenters. The zero-order valence-corrected chi connectivity index (χ0v) is 8.01. The van der Waals surface area contributed by atoms with E-state index in [9.17, 15) is 0 Å². The summed E-state index contributed by atoms with van der Waals surface area (Å²) in [7, 11) is 1.63. The van der Waals surface area contributed by atoms with Crippen LogP contribution in [0.1, 0.15) is 0 Å². The summed E-state index contributed by atoms with van der Waals surface area (Å²) in [5, 5.41) is 16.8. The lowest BCUT2D eigenvalue weighted by Crippen LogP contribution is -2.31. The molecule has 0 saturated heterocycles. The minimum Gasteiger partial charge on any atom is -0.375 e. The molecule has 1 heterocycles. The highest BCUT2D eigenvalue weighted by Crippen LogP contribution is 2.01. The molecule has 0 radical (unpaired) electrons. The smallest absolute Gasteiger partial charge is 0.157 e. The molecule has 0 amide bonds. The van der Waals surface area contributed by atoms with Crippen LogP contribution in [0.2, 0.25) is 0 Å². The highest BCUT2D eigenvalue weighted by Gasteiger charge is 2.14. The second-order valence-electron chi connectivity index (χ2n) is 2.43. The van der Waals surface area contributed by atoms with E-state index < -0.39 is 0 Å². The molecule has 1 aliphatic rings. The Hall–Kier alpha value is -1.27. The Balaban J connectivity index is 2.88. The third-order valence-electron chi connectivity index (χ3n) is 1.38. The maximum absolute atomic E-state index is 8.73. The quantitative estimate of drug-likeness (QED) is 0.363. The van der Waals surface area contributed by atoms with E-state index in [0.717, 1.165) is 0 Å². The molecule has 0 saturated carbocycles. The summed E-state index contributed by atoms with van der Waals surface area (Å²) in [5.41, 5.74) is 1.06. The molecule has 70 valence electrons. The van der Waals surface area contributed by atoms with Crippen molar-refractivity contribution in [1.29, 1.82) is 0 Å².